The number of aromatic nitrogens is 2. The predicted molar refractivity (Wildman–Crippen MR) is 128 cm³/mol. The first-order chi connectivity index (χ1) is 14.7. The summed E-state index contributed by atoms with van der Waals surface area (Å²) in [6.07, 6.45) is 2.16. The summed E-state index contributed by atoms with van der Waals surface area (Å²) in [5.74, 6) is 3.84. The number of fused-ring (bicyclic) bond motifs is 2. The lowest BCUT2D eigenvalue weighted by atomic mass is 10.1. The van der Waals surface area contributed by atoms with Gasteiger partial charge >= 0.3 is 0 Å². The lowest BCUT2D eigenvalue weighted by Gasteiger charge is -2.24. The summed E-state index contributed by atoms with van der Waals surface area (Å²) < 4.78 is 0.479. The molecule has 3 heterocycles. The molecule has 1 saturated heterocycles. The van der Waals surface area contributed by atoms with Crippen molar-refractivity contribution in [1.82, 2.24) is 9.97 Å². The molecule has 30 heavy (non-hydrogen) atoms. The van der Waals surface area contributed by atoms with E-state index in [0.717, 1.165) is 29.8 Å². The molecule has 1 aromatic heterocycles. The normalized spacial score (nSPS) is 17.6. The van der Waals surface area contributed by atoms with Crippen molar-refractivity contribution in [3.05, 3.63) is 59.7 Å². The van der Waals surface area contributed by atoms with E-state index in [1.807, 2.05) is 67.0 Å². The van der Waals surface area contributed by atoms with Gasteiger partial charge in [0.1, 0.15) is 0 Å². The molecule has 3 aromatic rings. The minimum atomic E-state index is -0.00775. The van der Waals surface area contributed by atoms with Gasteiger partial charge in [0.05, 0.1) is 15.6 Å². The maximum atomic E-state index is 13.5. The summed E-state index contributed by atoms with van der Waals surface area (Å²) in [4.78, 5) is 27.0. The van der Waals surface area contributed by atoms with E-state index in [0.29, 0.717) is 22.5 Å². The average Bonchev–Trinajstić information content (AvgIpc) is 2.96. The number of hydrogen-bond donors (Lipinski definition) is 0. The van der Waals surface area contributed by atoms with Crippen LogP contribution in [0.25, 0.3) is 11.0 Å². The standard InChI is InChI=1S/C23H24N4OS2/c1-26-12-4-13-27(21-20(26)24-18-6-2-3-7-19(18)25-21)22(28)16-8-10-17(11-9-16)23-29-14-5-15-30-23/h2-3,6-11,23H,4-5,12-15H2,1H3. The molecule has 0 unspecified atom stereocenters. The lowest BCUT2D eigenvalue weighted by Crippen LogP contribution is -2.32. The van der Waals surface area contributed by atoms with Gasteiger partial charge in [-0.15, -0.1) is 23.5 Å². The van der Waals surface area contributed by atoms with Gasteiger partial charge in [-0.25, -0.2) is 9.97 Å². The van der Waals surface area contributed by atoms with Gasteiger partial charge in [0, 0.05) is 25.7 Å². The third kappa shape index (κ3) is 3.76. The Hall–Kier alpha value is -2.25. The molecule has 5 rings (SSSR count). The van der Waals surface area contributed by atoms with Crippen molar-refractivity contribution in [1.29, 1.82) is 0 Å². The smallest absolute Gasteiger partial charge is 0.259 e. The minimum Gasteiger partial charge on any atom is -0.357 e. The Morgan fingerprint density at radius 3 is 2.27 bits per heavy atom. The maximum absolute atomic E-state index is 13.5. The Labute approximate surface area is 185 Å². The summed E-state index contributed by atoms with van der Waals surface area (Å²) in [7, 11) is 2.02. The van der Waals surface area contributed by atoms with Crippen LogP contribution >= 0.6 is 23.5 Å². The molecule has 0 saturated carbocycles. The van der Waals surface area contributed by atoms with Gasteiger partial charge in [-0.05, 0) is 54.2 Å². The van der Waals surface area contributed by atoms with Crippen LogP contribution in [-0.4, -0.2) is 47.5 Å². The average molecular weight is 437 g/mol. The van der Waals surface area contributed by atoms with Gasteiger partial charge in [-0.3, -0.25) is 9.69 Å². The van der Waals surface area contributed by atoms with Gasteiger partial charge in [-0.1, -0.05) is 24.3 Å². The second-order valence-corrected chi connectivity index (χ2v) is 10.4. The monoisotopic (exact) mass is 436 g/mol. The first kappa shape index (κ1) is 19.7. The molecule has 2 aliphatic heterocycles. The van der Waals surface area contributed by atoms with Crippen LogP contribution in [0, 0.1) is 0 Å². The predicted octanol–water partition coefficient (Wildman–Crippen LogP) is 4.99. The van der Waals surface area contributed by atoms with Crippen LogP contribution in [0.3, 0.4) is 0 Å². The highest BCUT2D eigenvalue weighted by Gasteiger charge is 2.28. The van der Waals surface area contributed by atoms with Gasteiger partial charge < -0.3 is 4.90 Å². The molecule has 5 nitrogen and oxygen atoms in total. The molecule has 0 atom stereocenters. The van der Waals surface area contributed by atoms with Crippen LogP contribution < -0.4 is 9.80 Å². The van der Waals surface area contributed by atoms with Crippen LogP contribution in [0.5, 0.6) is 0 Å². The first-order valence-corrected chi connectivity index (χ1v) is 12.4. The van der Waals surface area contributed by atoms with Crippen molar-refractivity contribution in [3.63, 3.8) is 0 Å². The highest BCUT2D eigenvalue weighted by molar-refractivity contribution is 8.16. The maximum Gasteiger partial charge on any atom is 0.259 e. The molecule has 2 aromatic carbocycles. The molecule has 7 heteroatoms. The molecular formula is C23H24N4OS2. The van der Waals surface area contributed by atoms with Crippen molar-refractivity contribution >= 4 is 52.1 Å². The lowest BCUT2D eigenvalue weighted by molar-refractivity contribution is 0.0986. The largest absolute Gasteiger partial charge is 0.357 e. The highest BCUT2D eigenvalue weighted by atomic mass is 32.2. The summed E-state index contributed by atoms with van der Waals surface area (Å²) in [5, 5.41) is 0. The number of carbonyl (C=O) groups is 1. The Bertz CT molecular complexity index is 1070. The number of anilines is 2. The molecule has 1 amide bonds. The second-order valence-electron chi connectivity index (χ2n) is 7.64. The Morgan fingerprint density at radius 2 is 1.57 bits per heavy atom. The summed E-state index contributed by atoms with van der Waals surface area (Å²) in [5.41, 5.74) is 3.66. The zero-order valence-corrected chi connectivity index (χ0v) is 18.6. The van der Waals surface area contributed by atoms with Crippen molar-refractivity contribution in [2.75, 3.05) is 41.4 Å². The zero-order valence-electron chi connectivity index (χ0n) is 17.0. The second kappa shape index (κ2) is 8.47. The molecule has 0 radical (unpaired) electrons. The number of thioether (sulfide) groups is 2. The fourth-order valence-corrected chi connectivity index (χ4v) is 6.81. The van der Waals surface area contributed by atoms with Crippen molar-refractivity contribution in [2.45, 2.75) is 17.4 Å². The van der Waals surface area contributed by atoms with Gasteiger partial charge in [0.2, 0.25) is 0 Å². The van der Waals surface area contributed by atoms with Crippen molar-refractivity contribution < 1.29 is 4.79 Å². The Morgan fingerprint density at radius 1 is 0.900 bits per heavy atom. The molecule has 1 fully saturated rings. The zero-order chi connectivity index (χ0) is 20.5. The molecule has 0 spiro atoms. The fourth-order valence-electron chi connectivity index (χ4n) is 3.91. The molecule has 2 aliphatic rings. The molecular weight excluding hydrogens is 412 g/mol. The number of para-hydroxylation sites is 2. The van der Waals surface area contributed by atoms with Gasteiger partial charge in [0.15, 0.2) is 11.6 Å². The topological polar surface area (TPSA) is 49.3 Å². The van der Waals surface area contributed by atoms with E-state index in [-0.39, 0.29) is 5.91 Å². The summed E-state index contributed by atoms with van der Waals surface area (Å²) in [6, 6.07) is 16.0. The third-order valence-electron chi connectivity index (χ3n) is 5.53. The highest BCUT2D eigenvalue weighted by Crippen LogP contribution is 2.43. The SMILES string of the molecule is CN1CCCN(C(=O)c2ccc(C3SCCCS3)cc2)c2nc3ccccc3nc21. The molecule has 0 bridgehead atoms. The van der Waals surface area contributed by atoms with Crippen LogP contribution in [0.15, 0.2) is 48.5 Å². The van der Waals surface area contributed by atoms with E-state index in [2.05, 4.69) is 17.0 Å². The van der Waals surface area contributed by atoms with Crippen molar-refractivity contribution in [3.8, 4) is 0 Å². The molecule has 154 valence electrons. The van der Waals surface area contributed by atoms with Gasteiger partial charge in [0.25, 0.3) is 5.91 Å². The Balaban J connectivity index is 1.48. The minimum absolute atomic E-state index is 0.00775. The number of benzene rings is 2. The fraction of sp³-hybridized carbons (Fsp3) is 0.348. The van der Waals surface area contributed by atoms with Crippen LogP contribution in [-0.2, 0) is 0 Å². The molecule has 0 aliphatic carbocycles. The summed E-state index contributed by atoms with van der Waals surface area (Å²) in [6.45, 7) is 1.48. The number of carbonyl (C=O) groups excluding carboxylic acids is 1. The van der Waals surface area contributed by atoms with E-state index in [1.54, 1.807) is 4.90 Å². The Kier molecular flexibility index (Phi) is 5.56. The van der Waals surface area contributed by atoms with Crippen molar-refractivity contribution in [2.24, 2.45) is 0 Å². The summed E-state index contributed by atoms with van der Waals surface area (Å²) >= 11 is 3.99. The first-order valence-electron chi connectivity index (χ1n) is 10.3. The van der Waals surface area contributed by atoms with E-state index in [1.165, 1.54) is 23.5 Å². The number of rotatable bonds is 2. The van der Waals surface area contributed by atoms with E-state index < -0.39 is 0 Å². The van der Waals surface area contributed by atoms with Crippen LogP contribution in [0.1, 0.15) is 33.3 Å². The number of hydrogen-bond acceptors (Lipinski definition) is 6. The van der Waals surface area contributed by atoms with E-state index >= 15 is 0 Å². The van der Waals surface area contributed by atoms with E-state index in [9.17, 15) is 4.79 Å². The van der Waals surface area contributed by atoms with Crippen LogP contribution in [0.2, 0.25) is 0 Å². The number of amides is 1. The van der Waals surface area contributed by atoms with E-state index in [4.69, 9.17) is 9.97 Å². The quantitative estimate of drug-likeness (QED) is 0.564. The third-order valence-corrected chi connectivity index (χ3v) is 8.54. The van der Waals surface area contributed by atoms with Gasteiger partial charge in [-0.2, -0.15) is 0 Å². The number of nitrogens with zero attached hydrogens (tertiary/aromatic N) is 4. The molecule has 0 N–H and O–H groups in total. The van der Waals surface area contributed by atoms with Crippen LogP contribution in [0.4, 0.5) is 11.6 Å².